The molecule has 0 spiro atoms. The van der Waals surface area contributed by atoms with Gasteiger partial charge in [-0.3, -0.25) is 4.79 Å². The SMILES string of the molecule is C=CCOc1ccc(NC(=O)[C@@H](CC)Oc2cccc(C)c2)cc1. The Morgan fingerprint density at radius 3 is 2.58 bits per heavy atom. The third kappa shape index (κ3) is 5.16. The summed E-state index contributed by atoms with van der Waals surface area (Å²) in [7, 11) is 0. The molecule has 0 fully saturated rings. The van der Waals surface area contributed by atoms with E-state index in [2.05, 4.69) is 11.9 Å². The Hall–Kier alpha value is -2.75. The van der Waals surface area contributed by atoms with Crippen LogP contribution < -0.4 is 14.8 Å². The van der Waals surface area contributed by atoms with Crippen molar-refractivity contribution in [3.8, 4) is 11.5 Å². The number of rotatable bonds is 8. The summed E-state index contributed by atoms with van der Waals surface area (Å²) >= 11 is 0. The van der Waals surface area contributed by atoms with Gasteiger partial charge in [0.25, 0.3) is 5.91 Å². The van der Waals surface area contributed by atoms with Crippen molar-refractivity contribution >= 4 is 11.6 Å². The fraction of sp³-hybridized carbons (Fsp3) is 0.250. The molecule has 0 aromatic heterocycles. The Morgan fingerprint density at radius 2 is 1.96 bits per heavy atom. The Labute approximate surface area is 143 Å². The molecule has 0 bridgehead atoms. The number of nitrogens with one attached hydrogen (secondary N) is 1. The van der Waals surface area contributed by atoms with Crippen LogP contribution in [-0.4, -0.2) is 18.6 Å². The van der Waals surface area contributed by atoms with Crippen LogP contribution in [0.25, 0.3) is 0 Å². The second-order valence-electron chi connectivity index (χ2n) is 5.44. The van der Waals surface area contributed by atoms with Crippen molar-refractivity contribution in [1.29, 1.82) is 0 Å². The van der Waals surface area contributed by atoms with E-state index in [0.29, 0.717) is 24.5 Å². The van der Waals surface area contributed by atoms with Crippen molar-refractivity contribution < 1.29 is 14.3 Å². The minimum atomic E-state index is -0.538. The van der Waals surface area contributed by atoms with Crippen LogP contribution in [0.5, 0.6) is 11.5 Å². The lowest BCUT2D eigenvalue weighted by atomic mass is 10.2. The molecule has 4 heteroatoms. The number of anilines is 1. The van der Waals surface area contributed by atoms with Gasteiger partial charge in [-0.15, -0.1) is 0 Å². The highest BCUT2D eigenvalue weighted by atomic mass is 16.5. The first-order chi connectivity index (χ1) is 11.6. The van der Waals surface area contributed by atoms with E-state index in [1.807, 2.05) is 50.2 Å². The van der Waals surface area contributed by atoms with E-state index in [0.717, 1.165) is 11.3 Å². The number of carbonyl (C=O) groups is 1. The molecular weight excluding hydrogens is 302 g/mol. The predicted molar refractivity (Wildman–Crippen MR) is 96.6 cm³/mol. The lowest BCUT2D eigenvalue weighted by molar-refractivity contribution is -0.122. The Kier molecular flexibility index (Phi) is 6.43. The second kappa shape index (κ2) is 8.77. The maximum atomic E-state index is 12.4. The summed E-state index contributed by atoms with van der Waals surface area (Å²) in [5.74, 6) is 1.26. The van der Waals surface area contributed by atoms with E-state index >= 15 is 0 Å². The first-order valence-corrected chi connectivity index (χ1v) is 8.00. The van der Waals surface area contributed by atoms with Crippen LogP contribution in [0.15, 0.2) is 61.2 Å². The van der Waals surface area contributed by atoms with E-state index in [-0.39, 0.29) is 5.91 Å². The van der Waals surface area contributed by atoms with Gasteiger partial charge in [0.05, 0.1) is 0 Å². The minimum Gasteiger partial charge on any atom is -0.490 e. The van der Waals surface area contributed by atoms with Crippen molar-refractivity contribution in [2.45, 2.75) is 26.4 Å². The molecule has 126 valence electrons. The van der Waals surface area contributed by atoms with Crippen LogP contribution in [0.2, 0.25) is 0 Å². The summed E-state index contributed by atoms with van der Waals surface area (Å²) in [4.78, 5) is 12.4. The summed E-state index contributed by atoms with van der Waals surface area (Å²) in [6.45, 7) is 7.97. The fourth-order valence-corrected chi connectivity index (χ4v) is 2.19. The summed E-state index contributed by atoms with van der Waals surface area (Å²) < 4.78 is 11.2. The molecule has 2 aromatic carbocycles. The lowest BCUT2D eigenvalue weighted by Gasteiger charge is -2.17. The lowest BCUT2D eigenvalue weighted by Crippen LogP contribution is -2.32. The maximum Gasteiger partial charge on any atom is 0.265 e. The average Bonchev–Trinajstić information content (AvgIpc) is 2.59. The molecule has 24 heavy (non-hydrogen) atoms. The molecule has 1 atom stereocenters. The number of amides is 1. The predicted octanol–water partition coefficient (Wildman–Crippen LogP) is 4.36. The van der Waals surface area contributed by atoms with Crippen LogP contribution >= 0.6 is 0 Å². The van der Waals surface area contributed by atoms with Gasteiger partial charge in [0.2, 0.25) is 0 Å². The molecule has 1 N–H and O–H groups in total. The third-order valence-electron chi connectivity index (χ3n) is 3.42. The van der Waals surface area contributed by atoms with Crippen molar-refractivity contribution in [3.05, 3.63) is 66.7 Å². The molecular formula is C20H23NO3. The Morgan fingerprint density at radius 1 is 1.21 bits per heavy atom. The van der Waals surface area contributed by atoms with Crippen LogP contribution in [-0.2, 0) is 4.79 Å². The van der Waals surface area contributed by atoms with Crippen molar-refractivity contribution in [3.63, 3.8) is 0 Å². The first-order valence-electron chi connectivity index (χ1n) is 8.00. The molecule has 4 nitrogen and oxygen atoms in total. The van der Waals surface area contributed by atoms with Gasteiger partial charge in [-0.1, -0.05) is 31.7 Å². The van der Waals surface area contributed by atoms with Crippen LogP contribution in [0.4, 0.5) is 5.69 Å². The highest BCUT2D eigenvalue weighted by Crippen LogP contribution is 2.18. The number of ether oxygens (including phenoxy) is 2. The number of hydrogen-bond donors (Lipinski definition) is 1. The second-order valence-corrected chi connectivity index (χ2v) is 5.44. The highest BCUT2D eigenvalue weighted by Gasteiger charge is 2.18. The number of hydrogen-bond acceptors (Lipinski definition) is 3. The Balaban J connectivity index is 1.97. The van der Waals surface area contributed by atoms with Gasteiger partial charge >= 0.3 is 0 Å². The number of benzene rings is 2. The van der Waals surface area contributed by atoms with Gasteiger partial charge in [-0.2, -0.15) is 0 Å². The molecule has 0 heterocycles. The third-order valence-corrected chi connectivity index (χ3v) is 3.42. The molecule has 0 radical (unpaired) electrons. The fourth-order valence-electron chi connectivity index (χ4n) is 2.19. The highest BCUT2D eigenvalue weighted by molar-refractivity contribution is 5.94. The summed E-state index contributed by atoms with van der Waals surface area (Å²) in [5.41, 5.74) is 1.80. The van der Waals surface area contributed by atoms with Gasteiger partial charge in [0.1, 0.15) is 18.1 Å². The quantitative estimate of drug-likeness (QED) is 0.734. The zero-order chi connectivity index (χ0) is 17.4. The molecule has 1 amide bonds. The summed E-state index contributed by atoms with van der Waals surface area (Å²) in [6.07, 6.45) is 1.73. The van der Waals surface area contributed by atoms with E-state index in [4.69, 9.17) is 9.47 Å². The molecule has 0 unspecified atom stereocenters. The largest absolute Gasteiger partial charge is 0.490 e. The minimum absolute atomic E-state index is 0.168. The molecule has 0 aliphatic heterocycles. The normalized spacial score (nSPS) is 11.4. The van der Waals surface area contributed by atoms with Gasteiger partial charge in [0, 0.05) is 5.69 Å². The Bertz CT molecular complexity index is 680. The van der Waals surface area contributed by atoms with Crippen molar-refractivity contribution in [1.82, 2.24) is 0 Å². The number of carbonyl (C=O) groups excluding carboxylic acids is 1. The van der Waals surface area contributed by atoms with Gasteiger partial charge in [0.15, 0.2) is 6.10 Å². The average molecular weight is 325 g/mol. The number of aryl methyl sites for hydroxylation is 1. The van der Waals surface area contributed by atoms with E-state index in [1.54, 1.807) is 18.2 Å². The standard InChI is InChI=1S/C20H23NO3/c1-4-13-23-17-11-9-16(10-12-17)21-20(22)19(5-2)24-18-8-6-7-15(3)14-18/h4,6-12,14,19H,1,5,13H2,2-3H3,(H,21,22)/t19-/m1/s1. The van der Waals surface area contributed by atoms with E-state index in [9.17, 15) is 4.79 Å². The molecule has 0 aliphatic rings. The van der Waals surface area contributed by atoms with Gasteiger partial charge in [-0.05, 0) is 55.3 Å². The van der Waals surface area contributed by atoms with E-state index in [1.165, 1.54) is 0 Å². The summed E-state index contributed by atoms with van der Waals surface area (Å²) in [6, 6.07) is 14.9. The van der Waals surface area contributed by atoms with Crippen molar-refractivity contribution in [2.24, 2.45) is 0 Å². The zero-order valence-corrected chi connectivity index (χ0v) is 14.1. The maximum absolute atomic E-state index is 12.4. The van der Waals surface area contributed by atoms with Crippen LogP contribution in [0, 0.1) is 6.92 Å². The monoisotopic (exact) mass is 325 g/mol. The van der Waals surface area contributed by atoms with E-state index < -0.39 is 6.10 Å². The topological polar surface area (TPSA) is 47.6 Å². The molecule has 0 aliphatic carbocycles. The first kappa shape index (κ1) is 17.6. The molecule has 2 aromatic rings. The zero-order valence-electron chi connectivity index (χ0n) is 14.1. The molecule has 0 saturated heterocycles. The molecule has 2 rings (SSSR count). The summed E-state index contributed by atoms with van der Waals surface area (Å²) in [5, 5.41) is 2.87. The van der Waals surface area contributed by atoms with Crippen LogP contribution in [0.3, 0.4) is 0 Å². The van der Waals surface area contributed by atoms with Gasteiger partial charge < -0.3 is 14.8 Å². The van der Waals surface area contributed by atoms with Crippen molar-refractivity contribution in [2.75, 3.05) is 11.9 Å². The molecule has 0 saturated carbocycles. The van der Waals surface area contributed by atoms with Gasteiger partial charge in [-0.25, -0.2) is 0 Å². The smallest absolute Gasteiger partial charge is 0.265 e. The van der Waals surface area contributed by atoms with Crippen LogP contribution in [0.1, 0.15) is 18.9 Å².